The van der Waals surface area contributed by atoms with Crippen molar-refractivity contribution in [2.75, 3.05) is 40.0 Å². The van der Waals surface area contributed by atoms with Crippen molar-refractivity contribution in [1.29, 1.82) is 0 Å². The second-order valence-corrected chi connectivity index (χ2v) is 7.63. The number of nitrogens with one attached hydrogen (secondary N) is 2. The summed E-state index contributed by atoms with van der Waals surface area (Å²) >= 11 is 0. The number of quaternary nitrogens is 1. The number of carbonyl (C=O) groups excluding carboxylic acids is 1. The van der Waals surface area contributed by atoms with Gasteiger partial charge in [-0.05, 0) is 30.3 Å². The smallest absolute Gasteiger partial charge is 0.274 e. The van der Waals surface area contributed by atoms with Gasteiger partial charge in [0.2, 0.25) is 0 Å². The number of ether oxygens (including phenoxy) is 2. The van der Waals surface area contributed by atoms with Gasteiger partial charge in [0, 0.05) is 18.0 Å². The summed E-state index contributed by atoms with van der Waals surface area (Å²) in [5.41, 5.74) is 1.15. The largest absolute Gasteiger partial charge is 0.497 e. The number of rotatable bonds is 6. The lowest BCUT2D eigenvalue weighted by Gasteiger charge is -2.32. The molecule has 2 N–H and O–H groups in total. The topological polar surface area (TPSA) is 86.9 Å². The summed E-state index contributed by atoms with van der Waals surface area (Å²) in [6, 6.07) is 15.1. The summed E-state index contributed by atoms with van der Waals surface area (Å²) in [5.74, 6) is 0.502. The molecule has 0 unspecified atom stereocenters. The zero-order valence-electron chi connectivity index (χ0n) is 17.8. The van der Waals surface area contributed by atoms with Crippen LogP contribution in [0.2, 0.25) is 0 Å². The van der Waals surface area contributed by atoms with E-state index < -0.39 is 0 Å². The van der Waals surface area contributed by atoms with Crippen LogP contribution in [0.5, 0.6) is 5.75 Å². The molecule has 1 fully saturated rings. The summed E-state index contributed by atoms with van der Waals surface area (Å²) in [4.78, 5) is 26.8. The normalized spacial score (nSPS) is 15.5. The predicted octanol–water partition coefficient (Wildman–Crippen LogP) is 0.328. The van der Waals surface area contributed by atoms with E-state index in [4.69, 9.17) is 9.47 Å². The molecule has 0 aliphatic carbocycles. The highest BCUT2D eigenvalue weighted by atomic mass is 16.5. The van der Waals surface area contributed by atoms with Crippen LogP contribution in [0, 0.1) is 0 Å². The zero-order chi connectivity index (χ0) is 21.8. The molecular weight excluding hydrogens is 396 g/mol. The Labute approximate surface area is 180 Å². The van der Waals surface area contributed by atoms with E-state index in [1.165, 1.54) is 9.58 Å². The van der Waals surface area contributed by atoms with Gasteiger partial charge in [0.1, 0.15) is 24.9 Å². The number of hydrogen-bond acceptors (Lipinski definition) is 5. The summed E-state index contributed by atoms with van der Waals surface area (Å²) in [6.45, 7) is 3.58. The Morgan fingerprint density at radius 1 is 1.16 bits per heavy atom. The molecule has 4 rings (SSSR count). The van der Waals surface area contributed by atoms with Crippen LogP contribution in [0.3, 0.4) is 0 Å². The molecule has 2 heterocycles. The number of aryl methyl sites for hydroxylation is 1. The number of nitrogens with zero attached hydrogens (tertiary/aromatic N) is 2. The minimum Gasteiger partial charge on any atom is -0.497 e. The zero-order valence-corrected chi connectivity index (χ0v) is 17.8. The van der Waals surface area contributed by atoms with E-state index in [1.54, 1.807) is 38.4 Å². The van der Waals surface area contributed by atoms with Crippen LogP contribution in [0.4, 0.5) is 0 Å². The number of amides is 1. The van der Waals surface area contributed by atoms with Gasteiger partial charge < -0.3 is 19.7 Å². The standard InChI is InChI=1S/C23H26N4O4/c1-26-23(29)19-6-4-3-5-18(19)21(25-26)22(28)24-15-20(27-11-13-31-14-12-27)16-7-9-17(30-2)10-8-16/h3-10,20H,11-15H2,1-2H3,(H,24,28)/p+1/t20-/m1/s1. The fraction of sp³-hybridized carbons (Fsp3) is 0.348. The highest BCUT2D eigenvalue weighted by molar-refractivity contribution is 6.04. The lowest BCUT2D eigenvalue weighted by Crippen LogP contribution is -3.15. The average molecular weight is 423 g/mol. The molecule has 0 radical (unpaired) electrons. The van der Waals surface area contributed by atoms with Crippen LogP contribution in [0.15, 0.2) is 53.3 Å². The molecule has 8 nitrogen and oxygen atoms in total. The number of aromatic nitrogens is 2. The van der Waals surface area contributed by atoms with Crippen LogP contribution in [-0.2, 0) is 11.8 Å². The van der Waals surface area contributed by atoms with Crippen molar-refractivity contribution in [2.24, 2.45) is 7.05 Å². The Morgan fingerprint density at radius 3 is 2.52 bits per heavy atom. The lowest BCUT2D eigenvalue weighted by atomic mass is 10.0. The highest BCUT2D eigenvalue weighted by Gasteiger charge is 2.27. The Bertz CT molecular complexity index is 1120. The van der Waals surface area contributed by atoms with E-state index >= 15 is 0 Å². The van der Waals surface area contributed by atoms with Gasteiger partial charge >= 0.3 is 0 Å². The molecule has 1 aliphatic heterocycles. The van der Waals surface area contributed by atoms with Crippen molar-refractivity contribution < 1.29 is 19.2 Å². The molecule has 1 amide bonds. The van der Waals surface area contributed by atoms with Gasteiger partial charge in [-0.25, -0.2) is 4.68 Å². The summed E-state index contributed by atoms with van der Waals surface area (Å²) in [5, 5.41) is 8.33. The molecule has 1 aromatic heterocycles. The van der Waals surface area contributed by atoms with Crippen LogP contribution in [0.25, 0.3) is 10.8 Å². The first-order valence-electron chi connectivity index (χ1n) is 10.4. The molecule has 0 spiro atoms. The van der Waals surface area contributed by atoms with Crippen LogP contribution in [-0.4, -0.2) is 55.6 Å². The van der Waals surface area contributed by atoms with Crippen molar-refractivity contribution in [2.45, 2.75) is 6.04 Å². The second-order valence-electron chi connectivity index (χ2n) is 7.63. The number of morpholine rings is 1. The van der Waals surface area contributed by atoms with Gasteiger partial charge in [-0.1, -0.05) is 18.2 Å². The molecule has 162 valence electrons. The third-order valence-electron chi connectivity index (χ3n) is 5.78. The number of hydrogen-bond donors (Lipinski definition) is 2. The summed E-state index contributed by atoms with van der Waals surface area (Å²) < 4.78 is 12.0. The fourth-order valence-corrected chi connectivity index (χ4v) is 4.06. The van der Waals surface area contributed by atoms with E-state index in [1.807, 2.05) is 24.3 Å². The molecule has 8 heteroatoms. The molecular formula is C23H27N4O4+. The Hall–Kier alpha value is -3.23. The number of carbonyl (C=O) groups is 1. The molecule has 3 aromatic rings. The number of benzene rings is 2. The first-order valence-corrected chi connectivity index (χ1v) is 10.4. The van der Waals surface area contributed by atoms with E-state index in [0.717, 1.165) is 24.4 Å². The monoisotopic (exact) mass is 423 g/mol. The highest BCUT2D eigenvalue weighted by Crippen LogP contribution is 2.17. The van der Waals surface area contributed by atoms with Gasteiger partial charge in [-0.2, -0.15) is 5.10 Å². The molecule has 1 atom stereocenters. The quantitative estimate of drug-likeness (QED) is 0.597. The molecule has 0 saturated carbocycles. The Kier molecular flexibility index (Phi) is 6.29. The minimum atomic E-state index is -0.294. The van der Waals surface area contributed by atoms with Gasteiger partial charge in [0.15, 0.2) is 5.69 Å². The van der Waals surface area contributed by atoms with E-state index in [-0.39, 0.29) is 23.2 Å². The van der Waals surface area contributed by atoms with Gasteiger partial charge in [0.25, 0.3) is 11.5 Å². The van der Waals surface area contributed by atoms with Crippen molar-refractivity contribution >= 4 is 16.7 Å². The van der Waals surface area contributed by atoms with Gasteiger partial charge in [-0.3, -0.25) is 9.59 Å². The Morgan fingerprint density at radius 2 is 1.84 bits per heavy atom. The molecule has 31 heavy (non-hydrogen) atoms. The molecule has 1 saturated heterocycles. The van der Waals surface area contributed by atoms with Gasteiger partial charge in [-0.15, -0.1) is 0 Å². The van der Waals surface area contributed by atoms with Crippen molar-refractivity contribution in [1.82, 2.24) is 15.1 Å². The van der Waals surface area contributed by atoms with E-state index in [0.29, 0.717) is 30.5 Å². The third kappa shape index (κ3) is 4.45. The number of methoxy groups -OCH3 is 1. The van der Waals surface area contributed by atoms with Crippen molar-refractivity contribution in [3.05, 3.63) is 70.1 Å². The first kappa shape index (κ1) is 21.0. The fourth-order valence-electron chi connectivity index (χ4n) is 4.06. The van der Waals surface area contributed by atoms with E-state index in [9.17, 15) is 9.59 Å². The number of fused-ring (bicyclic) bond motifs is 1. The maximum atomic E-state index is 13.1. The molecule has 2 aromatic carbocycles. The average Bonchev–Trinajstić information content (AvgIpc) is 2.82. The van der Waals surface area contributed by atoms with Crippen molar-refractivity contribution in [3.8, 4) is 5.75 Å². The maximum absolute atomic E-state index is 13.1. The SMILES string of the molecule is COc1ccc([C@@H](CNC(=O)c2nn(C)c(=O)c3ccccc23)[NH+]2CCOCC2)cc1. The minimum absolute atomic E-state index is 0.0672. The maximum Gasteiger partial charge on any atom is 0.274 e. The van der Waals surface area contributed by atoms with Crippen molar-refractivity contribution in [3.63, 3.8) is 0 Å². The summed E-state index contributed by atoms with van der Waals surface area (Å²) in [6.07, 6.45) is 0. The van der Waals surface area contributed by atoms with E-state index in [2.05, 4.69) is 10.4 Å². The summed E-state index contributed by atoms with van der Waals surface area (Å²) in [7, 11) is 3.20. The van der Waals surface area contributed by atoms with Crippen LogP contribution >= 0.6 is 0 Å². The first-order chi connectivity index (χ1) is 15.1. The molecule has 1 aliphatic rings. The third-order valence-corrected chi connectivity index (χ3v) is 5.78. The second kappa shape index (κ2) is 9.28. The predicted molar refractivity (Wildman–Crippen MR) is 117 cm³/mol. The lowest BCUT2D eigenvalue weighted by molar-refractivity contribution is -0.937. The van der Waals surface area contributed by atoms with Crippen LogP contribution < -0.4 is 20.5 Å². The molecule has 0 bridgehead atoms. The van der Waals surface area contributed by atoms with Gasteiger partial charge in [0.05, 0.1) is 32.3 Å². The van der Waals surface area contributed by atoms with Crippen LogP contribution in [0.1, 0.15) is 22.1 Å². The Balaban J connectivity index is 1.59.